The normalized spacial score (nSPS) is 23.6. The number of likely N-dealkylation sites (tertiary alicyclic amines) is 1. The maximum atomic E-state index is 12.7. The van der Waals surface area contributed by atoms with Crippen LogP contribution in [0.3, 0.4) is 0 Å². The third-order valence-electron chi connectivity index (χ3n) is 4.49. The number of hydrogen-bond acceptors (Lipinski definition) is 4. The molecule has 1 unspecified atom stereocenters. The first-order valence-corrected chi connectivity index (χ1v) is 9.18. The van der Waals surface area contributed by atoms with Crippen molar-refractivity contribution in [3.05, 3.63) is 0 Å². The van der Waals surface area contributed by atoms with Crippen molar-refractivity contribution in [2.24, 2.45) is 11.7 Å². The molecule has 2 aliphatic rings. The van der Waals surface area contributed by atoms with Crippen LogP contribution >= 0.6 is 11.8 Å². The molecule has 2 heterocycles. The zero-order chi connectivity index (χ0) is 15.2. The molecule has 0 aromatic rings. The summed E-state index contributed by atoms with van der Waals surface area (Å²) in [5.41, 5.74) is 5.70. The molecular formula is C15H27N3O2S. The smallest absolute Gasteiger partial charge is 0.246 e. The van der Waals surface area contributed by atoms with E-state index in [4.69, 9.17) is 5.73 Å². The fourth-order valence-corrected chi connectivity index (χ4v) is 4.14. The highest BCUT2D eigenvalue weighted by atomic mass is 32.2. The molecule has 0 aliphatic carbocycles. The molecule has 2 amide bonds. The van der Waals surface area contributed by atoms with Crippen molar-refractivity contribution >= 4 is 23.6 Å². The molecule has 120 valence electrons. The standard InChI is InChI=1S/C15H27N3O2S/c1-2-3-4-14(19)18-11-21-10-13(18)15(20)17-7-5-12(9-16)6-8-17/h12-13H,2-11,16H2,1H3. The molecule has 2 saturated heterocycles. The van der Waals surface area contributed by atoms with Crippen molar-refractivity contribution in [2.75, 3.05) is 31.3 Å². The van der Waals surface area contributed by atoms with E-state index < -0.39 is 0 Å². The van der Waals surface area contributed by atoms with Crippen LogP contribution < -0.4 is 5.73 Å². The largest absolute Gasteiger partial charge is 0.341 e. The molecule has 0 spiro atoms. The van der Waals surface area contributed by atoms with Crippen LogP contribution in [0.15, 0.2) is 0 Å². The Bertz CT molecular complexity index is 370. The maximum Gasteiger partial charge on any atom is 0.246 e. The van der Waals surface area contributed by atoms with Gasteiger partial charge in [-0.15, -0.1) is 11.8 Å². The van der Waals surface area contributed by atoms with Crippen LogP contribution in [0, 0.1) is 5.92 Å². The quantitative estimate of drug-likeness (QED) is 0.830. The molecule has 2 fully saturated rings. The van der Waals surface area contributed by atoms with Crippen molar-refractivity contribution < 1.29 is 9.59 Å². The Morgan fingerprint density at radius 1 is 1.29 bits per heavy atom. The Kier molecular flexibility index (Phi) is 6.36. The number of unbranched alkanes of at least 4 members (excludes halogenated alkanes) is 1. The fourth-order valence-electron chi connectivity index (χ4n) is 2.96. The highest BCUT2D eigenvalue weighted by Gasteiger charge is 2.37. The third-order valence-corrected chi connectivity index (χ3v) is 5.50. The van der Waals surface area contributed by atoms with Crippen molar-refractivity contribution in [2.45, 2.75) is 45.1 Å². The summed E-state index contributed by atoms with van der Waals surface area (Å²) in [5, 5.41) is 0. The summed E-state index contributed by atoms with van der Waals surface area (Å²) in [4.78, 5) is 28.6. The van der Waals surface area contributed by atoms with Gasteiger partial charge < -0.3 is 15.5 Å². The highest BCUT2D eigenvalue weighted by molar-refractivity contribution is 7.99. The van der Waals surface area contributed by atoms with Crippen LogP contribution in [0.5, 0.6) is 0 Å². The summed E-state index contributed by atoms with van der Waals surface area (Å²) in [5.74, 6) is 2.23. The van der Waals surface area contributed by atoms with Crippen LogP contribution in [0.25, 0.3) is 0 Å². The van der Waals surface area contributed by atoms with E-state index in [9.17, 15) is 9.59 Å². The first-order valence-electron chi connectivity index (χ1n) is 8.03. The van der Waals surface area contributed by atoms with Gasteiger partial charge in [-0.25, -0.2) is 0 Å². The number of nitrogens with zero attached hydrogens (tertiary/aromatic N) is 2. The fraction of sp³-hybridized carbons (Fsp3) is 0.867. The van der Waals surface area contributed by atoms with Crippen LogP contribution in [-0.2, 0) is 9.59 Å². The van der Waals surface area contributed by atoms with Gasteiger partial charge in [-0.2, -0.15) is 0 Å². The predicted octanol–water partition coefficient (Wildman–Crippen LogP) is 1.28. The molecule has 2 aliphatic heterocycles. The number of piperidine rings is 1. The van der Waals surface area contributed by atoms with E-state index in [2.05, 4.69) is 6.92 Å². The summed E-state index contributed by atoms with van der Waals surface area (Å²) in [7, 11) is 0. The van der Waals surface area contributed by atoms with Crippen molar-refractivity contribution in [3.63, 3.8) is 0 Å². The predicted molar refractivity (Wildman–Crippen MR) is 85.8 cm³/mol. The molecular weight excluding hydrogens is 286 g/mol. The second kappa shape index (κ2) is 8.03. The van der Waals surface area contributed by atoms with Crippen molar-refractivity contribution in [1.29, 1.82) is 0 Å². The molecule has 21 heavy (non-hydrogen) atoms. The van der Waals surface area contributed by atoms with Crippen LogP contribution in [-0.4, -0.2) is 58.9 Å². The number of rotatable bonds is 5. The minimum Gasteiger partial charge on any atom is -0.341 e. The second-order valence-electron chi connectivity index (χ2n) is 5.99. The molecule has 5 nitrogen and oxygen atoms in total. The van der Waals surface area contributed by atoms with Crippen molar-refractivity contribution in [1.82, 2.24) is 9.80 Å². The molecule has 0 radical (unpaired) electrons. The number of thioether (sulfide) groups is 1. The minimum absolute atomic E-state index is 0.136. The first kappa shape index (κ1) is 16.6. The second-order valence-corrected chi connectivity index (χ2v) is 6.99. The summed E-state index contributed by atoms with van der Waals surface area (Å²) < 4.78 is 0. The Hall–Kier alpha value is -0.750. The monoisotopic (exact) mass is 313 g/mol. The molecule has 2 N–H and O–H groups in total. The Morgan fingerprint density at radius 3 is 2.62 bits per heavy atom. The van der Waals surface area contributed by atoms with Crippen LogP contribution in [0.1, 0.15) is 39.0 Å². The third kappa shape index (κ3) is 4.13. The van der Waals surface area contributed by atoms with E-state index in [1.807, 2.05) is 4.90 Å². The topological polar surface area (TPSA) is 66.6 Å². The van der Waals surface area contributed by atoms with E-state index in [-0.39, 0.29) is 17.9 Å². The van der Waals surface area contributed by atoms with Crippen LogP contribution in [0.4, 0.5) is 0 Å². The number of carbonyl (C=O) groups is 2. The number of nitrogens with two attached hydrogens (primary N) is 1. The molecule has 6 heteroatoms. The van der Waals surface area contributed by atoms with Gasteiger partial charge in [-0.05, 0) is 31.7 Å². The lowest BCUT2D eigenvalue weighted by atomic mass is 9.96. The van der Waals surface area contributed by atoms with Crippen LogP contribution in [0.2, 0.25) is 0 Å². The number of hydrogen-bond donors (Lipinski definition) is 1. The number of carbonyl (C=O) groups excluding carboxylic acids is 2. The molecule has 0 aromatic heterocycles. The zero-order valence-corrected chi connectivity index (χ0v) is 13.7. The summed E-state index contributed by atoms with van der Waals surface area (Å²) in [6.07, 6.45) is 4.47. The first-order chi connectivity index (χ1) is 10.2. The highest BCUT2D eigenvalue weighted by Crippen LogP contribution is 2.25. The van der Waals surface area contributed by atoms with Gasteiger partial charge in [0.15, 0.2) is 0 Å². The van der Waals surface area contributed by atoms with Gasteiger partial charge in [0.1, 0.15) is 6.04 Å². The lowest BCUT2D eigenvalue weighted by molar-refractivity contribution is -0.144. The van der Waals surface area contributed by atoms with E-state index in [0.717, 1.165) is 44.5 Å². The maximum absolute atomic E-state index is 12.7. The SMILES string of the molecule is CCCCC(=O)N1CSCC1C(=O)N1CCC(CN)CC1. The summed E-state index contributed by atoms with van der Waals surface area (Å²) in [6, 6.07) is -0.242. The van der Waals surface area contributed by atoms with Gasteiger partial charge in [0.05, 0.1) is 5.88 Å². The van der Waals surface area contributed by atoms with Crippen molar-refractivity contribution in [3.8, 4) is 0 Å². The van der Waals surface area contributed by atoms with E-state index in [1.54, 1.807) is 16.7 Å². The number of amides is 2. The summed E-state index contributed by atoms with van der Waals surface area (Å²) in [6.45, 7) is 4.37. The Balaban J connectivity index is 1.90. The van der Waals surface area contributed by atoms with Gasteiger partial charge in [0.2, 0.25) is 11.8 Å². The average Bonchev–Trinajstić information content (AvgIpc) is 3.01. The minimum atomic E-state index is -0.242. The molecule has 1 atom stereocenters. The summed E-state index contributed by atoms with van der Waals surface area (Å²) >= 11 is 1.69. The van der Waals surface area contributed by atoms with Gasteiger partial charge in [-0.1, -0.05) is 13.3 Å². The van der Waals surface area contributed by atoms with Gasteiger partial charge in [0.25, 0.3) is 0 Å². The van der Waals surface area contributed by atoms with Gasteiger partial charge >= 0.3 is 0 Å². The molecule has 0 aromatic carbocycles. The van der Waals surface area contributed by atoms with E-state index in [0.29, 0.717) is 24.8 Å². The van der Waals surface area contributed by atoms with Gasteiger partial charge in [0, 0.05) is 25.3 Å². The molecule has 2 rings (SSSR count). The zero-order valence-electron chi connectivity index (χ0n) is 12.9. The molecule has 0 saturated carbocycles. The van der Waals surface area contributed by atoms with E-state index in [1.165, 1.54) is 0 Å². The van der Waals surface area contributed by atoms with E-state index >= 15 is 0 Å². The Morgan fingerprint density at radius 2 is 2.00 bits per heavy atom. The lowest BCUT2D eigenvalue weighted by Gasteiger charge is -2.35. The molecule has 0 bridgehead atoms. The average molecular weight is 313 g/mol. The lowest BCUT2D eigenvalue weighted by Crippen LogP contribution is -2.51. The van der Waals surface area contributed by atoms with Gasteiger partial charge in [-0.3, -0.25) is 9.59 Å². The Labute approximate surface area is 131 Å².